The molecule has 0 saturated heterocycles. The SMILES string of the molecule is CC(CNC1CC(c2ccc(F)cc2)C1)N(C)C1CC1. The van der Waals surface area contributed by atoms with Gasteiger partial charge in [-0.25, -0.2) is 4.39 Å². The van der Waals surface area contributed by atoms with Gasteiger partial charge in [0.2, 0.25) is 0 Å². The molecule has 0 aromatic heterocycles. The van der Waals surface area contributed by atoms with Gasteiger partial charge in [-0.05, 0) is 63.3 Å². The molecule has 2 saturated carbocycles. The van der Waals surface area contributed by atoms with Crippen molar-refractivity contribution in [2.75, 3.05) is 13.6 Å². The van der Waals surface area contributed by atoms with Crippen molar-refractivity contribution in [1.29, 1.82) is 0 Å². The van der Waals surface area contributed by atoms with Crippen molar-refractivity contribution in [3.8, 4) is 0 Å². The van der Waals surface area contributed by atoms with Crippen LogP contribution >= 0.6 is 0 Å². The molecule has 110 valence electrons. The van der Waals surface area contributed by atoms with E-state index in [4.69, 9.17) is 0 Å². The third-order valence-corrected chi connectivity index (χ3v) is 5.00. The van der Waals surface area contributed by atoms with Crippen LogP contribution in [0, 0.1) is 5.82 Å². The number of rotatable bonds is 6. The van der Waals surface area contributed by atoms with Crippen LogP contribution in [0.2, 0.25) is 0 Å². The fourth-order valence-corrected chi connectivity index (χ4v) is 3.11. The van der Waals surface area contributed by atoms with Gasteiger partial charge in [0, 0.05) is 24.7 Å². The van der Waals surface area contributed by atoms with Crippen molar-refractivity contribution >= 4 is 0 Å². The monoisotopic (exact) mass is 276 g/mol. The lowest BCUT2D eigenvalue weighted by molar-refractivity contribution is 0.213. The Balaban J connectivity index is 1.38. The number of likely N-dealkylation sites (N-methyl/N-ethyl adjacent to an activating group) is 1. The lowest BCUT2D eigenvalue weighted by atomic mass is 9.76. The van der Waals surface area contributed by atoms with Gasteiger partial charge in [0.25, 0.3) is 0 Å². The molecule has 0 bridgehead atoms. The summed E-state index contributed by atoms with van der Waals surface area (Å²) in [5, 5.41) is 3.68. The number of halogens is 1. The van der Waals surface area contributed by atoms with Crippen LogP contribution in [0.1, 0.15) is 44.1 Å². The molecular formula is C17H25FN2. The van der Waals surface area contributed by atoms with Crippen LogP contribution < -0.4 is 5.32 Å². The van der Waals surface area contributed by atoms with E-state index in [9.17, 15) is 4.39 Å². The first-order valence-electron chi connectivity index (χ1n) is 7.84. The molecule has 0 aliphatic heterocycles. The molecule has 1 unspecified atom stereocenters. The summed E-state index contributed by atoms with van der Waals surface area (Å²) >= 11 is 0. The first-order chi connectivity index (χ1) is 9.63. The molecule has 1 aromatic carbocycles. The topological polar surface area (TPSA) is 15.3 Å². The average Bonchev–Trinajstić information content (AvgIpc) is 3.22. The zero-order chi connectivity index (χ0) is 14.1. The van der Waals surface area contributed by atoms with E-state index in [1.54, 1.807) is 12.1 Å². The quantitative estimate of drug-likeness (QED) is 0.858. The first-order valence-corrected chi connectivity index (χ1v) is 7.84. The smallest absolute Gasteiger partial charge is 0.123 e. The second-order valence-electron chi connectivity index (χ2n) is 6.57. The van der Waals surface area contributed by atoms with Crippen molar-refractivity contribution in [2.45, 2.75) is 56.7 Å². The van der Waals surface area contributed by atoms with E-state index in [-0.39, 0.29) is 5.82 Å². The molecule has 0 amide bonds. The maximum absolute atomic E-state index is 12.9. The van der Waals surface area contributed by atoms with Gasteiger partial charge in [0.05, 0.1) is 0 Å². The van der Waals surface area contributed by atoms with E-state index in [0.717, 1.165) is 12.6 Å². The Morgan fingerprint density at radius 2 is 1.90 bits per heavy atom. The number of nitrogens with zero attached hydrogens (tertiary/aromatic N) is 1. The van der Waals surface area contributed by atoms with Crippen LogP contribution in [0.15, 0.2) is 24.3 Å². The van der Waals surface area contributed by atoms with Gasteiger partial charge in [-0.1, -0.05) is 12.1 Å². The summed E-state index contributed by atoms with van der Waals surface area (Å²) in [7, 11) is 2.24. The standard InChI is InChI=1S/C17H25FN2/c1-12(20(2)17-7-8-17)11-19-16-9-14(10-16)13-3-5-15(18)6-4-13/h3-6,12,14,16-17,19H,7-11H2,1-2H3. The van der Waals surface area contributed by atoms with Gasteiger partial charge in [-0.3, -0.25) is 4.90 Å². The van der Waals surface area contributed by atoms with E-state index in [1.807, 2.05) is 12.1 Å². The van der Waals surface area contributed by atoms with Crippen LogP contribution in [0.4, 0.5) is 4.39 Å². The Hall–Kier alpha value is -0.930. The molecule has 0 radical (unpaired) electrons. The van der Waals surface area contributed by atoms with Gasteiger partial charge < -0.3 is 5.32 Å². The summed E-state index contributed by atoms with van der Waals surface area (Å²) in [6.07, 6.45) is 5.12. The molecule has 0 spiro atoms. The summed E-state index contributed by atoms with van der Waals surface area (Å²) < 4.78 is 12.9. The largest absolute Gasteiger partial charge is 0.312 e. The van der Waals surface area contributed by atoms with Gasteiger partial charge >= 0.3 is 0 Å². The molecule has 1 aromatic rings. The van der Waals surface area contributed by atoms with Crippen LogP contribution in [0.3, 0.4) is 0 Å². The minimum absolute atomic E-state index is 0.139. The summed E-state index contributed by atoms with van der Waals surface area (Å²) in [6.45, 7) is 3.38. The van der Waals surface area contributed by atoms with Gasteiger partial charge in [0.1, 0.15) is 5.82 Å². The highest BCUT2D eigenvalue weighted by Gasteiger charge is 2.32. The van der Waals surface area contributed by atoms with Crippen LogP contribution in [-0.2, 0) is 0 Å². The zero-order valence-corrected chi connectivity index (χ0v) is 12.5. The van der Waals surface area contributed by atoms with E-state index in [0.29, 0.717) is 18.0 Å². The highest BCUT2D eigenvalue weighted by atomic mass is 19.1. The maximum atomic E-state index is 12.9. The second kappa shape index (κ2) is 5.82. The number of benzene rings is 1. The summed E-state index contributed by atoms with van der Waals surface area (Å²) in [5.74, 6) is 0.476. The summed E-state index contributed by atoms with van der Waals surface area (Å²) in [6, 6.07) is 9.10. The molecule has 1 N–H and O–H groups in total. The molecule has 2 fully saturated rings. The van der Waals surface area contributed by atoms with Gasteiger partial charge in [-0.15, -0.1) is 0 Å². The Kier molecular flexibility index (Phi) is 4.08. The van der Waals surface area contributed by atoms with Crippen LogP contribution in [-0.4, -0.2) is 36.6 Å². The van der Waals surface area contributed by atoms with E-state index >= 15 is 0 Å². The molecule has 20 heavy (non-hydrogen) atoms. The Labute approximate surface area is 121 Å². The summed E-state index contributed by atoms with van der Waals surface area (Å²) in [5.41, 5.74) is 1.28. The Bertz CT molecular complexity index is 435. The van der Waals surface area contributed by atoms with Crippen LogP contribution in [0.5, 0.6) is 0 Å². The van der Waals surface area contributed by atoms with Crippen LogP contribution in [0.25, 0.3) is 0 Å². The van der Waals surface area contributed by atoms with E-state index in [1.165, 1.54) is 31.2 Å². The maximum Gasteiger partial charge on any atom is 0.123 e. The van der Waals surface area contributed by atoms with Crippen molar-refractivity contribution in [2.24, 2.45) is 0 Å². The van der Waals surface area contributed by atoms with Crippen molar-refractivity contribution in [3.63, 3.8) is 0 Å². The Morgan fingerprint density at radius 3 is 2.50 bits per heavy atom. The molecule has 3 rings (SSSR count). The minimum Gasteiger partial charge on any atom is -0.312 e. The molecule has 1 atom stereocenters. The molecule has 2 aliphatic rings. The fourth-order valence-electron chi connectivity index (χ4n) is 3.11. The molecule has 2 nitrogen and oxygen atoms in total. The highest BCUT2D eigenvalue weighted by molar-refractivity contribution is 5.23. The number of nitrogens with one attached hydrogen (secondary N) is 1. The zero-order valence-electron chi connectivity index (χ0n) is 12.5. The molecular weight excluding hydrogens is 251 g/mol. The lowest BCUT2D eigenvalue weighted by Gasteiger charge is -2.38. The van der Waals surface area contributed by atoms with Crippen molar-refractivity contribution in [3.05, 3.63) is 35.6 Å². The average molecular weight is 276 g/mol. The van der Waals surface area contributed by atoms with Gasteiger partial charge in [0.15, 0.2) is 0 Å². The number of hydrogen-bond donors (Lipinski definition) is 1. The van der Waals surface area contributed by atoms with Crippen molar-refractivity contribution < 1.29 is 4.39 Å². The minimum atomic E-state index is -0.139. The predicted molar refractivity (Wildman–Crippen MR) is 80.4 cm³/mol. The second-order valence-corrected chi connectivity index (χ2v) is 6.57. The number of hydrogen-bond acceptors (Lipinski definition) is 2. The van der Waals surface area contributed by atoms with E-state index in [2.05, 4.69) is 24.2 Å². The third kappa shape index (κ3) is 3.21. The molecule has 3 heteroatoms. The Morgan fingerprint density at radius 1 is 1.25 bits per heavy atom. The lowest BCUT2D eigenvalue weighted by Crippen LogP contribution is -2.46. The highest BCUT2D eigenvalue weighted by Crippen LogP contribution is 2.37. The normalized spacial score (nSPS) is 27.4. The third-order valence-electron chi connectivity index (χ3n) is 5.00. The van der Waals surface area contributed by atoms with Crippen molar-refractivity contribution in [1.82, 2.24) is 10.2 Å². The van der Waals surface area contributed by atoms with E-state index < -0.39 is 0 Å². The molecule has 0 heterocycles. The van der Waals surface area contributed by atoms with Gasteiger partial charge in [-0.2, -0.15) is 0 Å². The summed E-state index contributed by atoms with van der Waals surface area (Å²) in [4.78, 5) is 2.50. The molecule has 2 aliphatic carbocycles. The fraction of sp³-hybridized carbons (Fsp3) is 0.647. The predicted octanol–water partition coefficient (Wildman–Crippen LogP) is 3.14. The first kappa shape index (κ1) is 14.0.